The van der Waals surface area contributed by atoms with E-state index in [1.807, 2.05) is 0 Å². The number of hydrogen-bond donors (Lipinski definition) is 1. The minimum atomic E-state index is 0.830. The van der Waals surface area contributed by atoms with Crippen LogP contribution in [0.5, 0.6) is 0 Å². The van der Waals surface area contributed by atoms with Crippen molar-refractivity contribution in [1.29, 1.82) is 0 Å². The second kappa shape index (κ2) is 4.10. The molecular formula is C10H21N. The molecule has 0 aromatic carbocycles. The van der Waals surface area contributed by atoms with Gasteiger partial charge in [-0.15, -0.1) is 0 Å². The van der Waals surface area contributed by atoms with Crippen molar-refractivity contribution >= 4 is 0 Å². The molecule has 0 amide bonds. The van der Waals surface area contributed by atoms with E-state index in [1.54, 1.807) is 0 Å². The van der Waals surface area contributed by atoms with Crippen molar-refractivity contribution in [2.45, 2.75) is 39.5 Å². The number of rotatable bonds is 2. The molecule has 11 heavy (non-hydrogen) atoms. The predicted molar refractivity (Wildman–Crippen MR) is 49.3 cm³/mol. The van der Waals surface area contributed by atoms with E-state index in [9.17, 15) is 0 Å². The summed E-state index contributed by atoms with van der Waals surface area (Å²) in [6.07, 6.45) is 5.60. The highest BCUT2D eigenvalue weighted by atomic mass is 14.6. The first kappa shape index (κ1) is 9.05. The van der Waals surface area contributed by atoms with Gasteiger partial charge in [0.1, 0.15) is 0 Å². The summed E-state index contributed by atoms with van der Waals surface area (Å²) in [5, 5.41) is 0. The predicted octanol–water partition coefficient (Wildman–Crippen LogP) is 2.41. The Morgan fingerprint density at radius 3 is 2.64 bits per heavy atom. The third kappa shape index (κ3) is 2.48. The van der Waals surface area contributed by atoms with Gasteiger partial charge >= 0.3 is 0 Å². The molecule has 0 aromatic rings. The Kier molecular flexibility index (Phi) is 3.38. The van der Waals surface area contributed by atoms with Gasteiger partial charge in [-0.1, -0.05) is 26.7 Å². The Morgan fingerprint density at radius 2 is 2.09 bits per heavy atom. The molecule has 0 spiro atoms. The normalized spacial score (nSPS) is 32.7. The standard InChI is InChI=1S/C10H21N/c1-8(2)10-5-3-4-9(6-10)7-11/h8-10H,3-7,11H2,1-2H3/t9-,10+/m1/s1. The topological polar surface area (TPSA) is 26.0 Å². The monoisotopic (exact) mass is 155 g/mol. The van der Waals surface area contributed by atoms with Crippen LogP contribution in [0.15, 0.2) is 0 Å². The van der Waals surface area contributed by atoms with Crippen LogP contribution >= 0.6 is 0 Å². The Morgan fingerprint density at radius 1 is 1.36 bits per heavy atom. The van der Waals surface area contributed by atoms with Gasteiger partial charge in [-0.3, -0.25) is 0 Å². The van der Waals surface area contributed by atoms with Crippen LogP contribution in [0.25, 0.3) is 0 Å². The van der Waals surface area contributed by atoms with Gasteiger partial charge in [0.2, 0.25) is 0 Å². The van der Waals surface area contributed by atoms with Crippen molar-refractivity contribution in [3.8, 4) is 0 Å². The largest absolute Gasteiger partial charge is 0.330 e. The summed E-state index contributed by atoms with van der Waals surface area (Å²) in [5.41, 5.74) is 5.67. The first-order chi connectivity index (χ1) is 5.24. The van der Waals surface area contributed by atoms with Gasteiger partial charge in [-0.25, -0.2) is 0 Å². The fraction of sp³-hybridized carbons (Fsp3) is 1.00. The van der Waals surface area contributed by atoms with Crippen LogP contribution in [-0.2, 0) is 0 Å². The minimum Gasteiger partial charge on any atom is -0.330 e. The molecule has 2 atom stereocenters. The summed E-state index contributed by atoms with van der Waals surface area (Å²) < 4.78 is 0. The van der Waals surface area contributed by atoms with Gasteiger partial charge < -0.3 is 5.73 Å². The lowest BCUT2D eigenvalue weighted by Gasteiger charge is -2.30. The van der Waals surface area contributed by atoms with Crippen LogP contribution in [0.3, 0.4) is 0 Å². The SMILES string of the molecule is CC(C)[C@H]1CCC[C@@H](CN)C1. The van der Waals surface area contributed by atoms with E-state index >= 15 is 0 Å². The Hall–Kier alpha value is -0.0400. The highest BCUT2D eigenvalue weighted by Crippen LogP contribution is 2.32. The Balaban J connectivity index is 2.33. The lowest BCUT2D eigenvalue weighted by molar-refractivity contribution is 0.219. The number of hydrogen-bond acceptors (Lipinski definition) is 1. The smallest absolute Gasteiger partial charge is 0.00488 e. The van der Waals surface area contributed by atoms with Gasteiger partial charge in [0.15, 0.2) is 0 Å². The summed E-state index contributed by atoms with van der Waals surface area (Å²) >= 11 is 0. The fourth-order valence-electron chi connectivity index (χ4n) is 2.15. The molecular weight excluding hydrogens is 134 g/mol. The number of nitrogens with two attached hydrogens (primary N) is 1. The summed E-state index contributed by atoms with van der Waals surface area (Å²) in [7, 11) is 0. The molecule has 1 heteroatoms. The first-order valence-electron chi connectivity index (χ1n) is 4.94. The zero-order valence-electron chi connectivity index (χ0n) is 7.84. The van der Waals surface area contributed by atoms with Gasteiger partial charge in [0, 0.05) is 0 Å². The quantitative estimate of drug-likeness (QED) is 0.651. The maximum Gasteiger partial charge on any atom is -0.00488 e. The van der Waals surface area contributed by atoms with Crippen molar-refractivity contribution in [3.05, 3.63) is 0 Å². The summed E-state index contributed by atoms with van der Waals surface area (Å²) in [6.45, 7) is 5.58. The van der Waals surface area contributed by atoms with E-state index in [2.05, 4.69) is 13.8 Å². The zero-order chi connectivity index (χ0) is 8.27. The van der Waals surface area contributed by atoms with Gasteiger partial charge in [-0.05, 0) is 37.1 Å². The summed E-state index contributed by atoms with van der Waals surface area (Å²) in [5.74, 6) is 2.65. The fourth-order valence-corrected chi connectivity index (χ4v) is 2.15. The van der Waals surface area contributed by atoms with Crippen LogP contribution in [0.4, 0.5) is 0 Å². The molecule has 1 fully saturated rings. The van der Waals surface area contributed by atoms with E-state index in [0.29, 0.717) is 0 Å². The van der Waals surface area contributed by atoms with Crippen LogP contribution < -0.4 is 5.73 Å². The Labute approximate surface area is 70.4 Å². The van der Waals surface area contributed by atoms with Crippen LogP contribution in [0.1, 0.15) is 39.5 Å². The first-order valence-corrected chi connectivity index (χ1v) is 4.94. The molecule has 0 aromatic heterocycles. The molecule has 1 saturated carbocycles. The van der Waals surface area contributed by atoms with Crippen LogP contribution in [0, 0.1) is 17.8 Å². The van der Waals surface area contributed by atoms with E-state index in [1.165, 1.54) is 25.7 Å². The summed E-state index contributed by atoms with van der Waals surface area (Å²) in [6, 6.07) is 0. The second-order valence-corrected chi connectivity index (χ2v) is 4.27. The van der Waals surface area contributed by atoms with Gasteiger partial charge in [0.05, 0.1) is 0 Å². The van der Waals surface area contributed by atoms with Crippen molar-refractivity contribution in [2.75, 3.05) is 6.54 Å². The third-order valence-electron chi connectivity index (χ3n) is 3.10. The molecule has 2 N–H and O–H groups in total. The van der Waals surface area contributed by atoms with Crippen molar-refractivity contribution in [2.24, 2.45) is 23.5 Å². The van der Waals surface area contributed by atoms with Gasteiger partial charge in [-0.2, -0.15) is 0 Å². The Bertz CT molecular complexity index is 109. The van der Waals surface area contributed by atoms with Gasteiger partial charge in [0.25, 0.3) is 0 Å². The van der Waals surface area contributed by atoms with Crippen molar-refractivity contribution in [3.63, 3.8) is 0 Å². The molecule has 0 unspecified atom stereocenters. The molecule has 1 aliphatic rings. The molecule has 1 nitrogen and oxygen atoms in total. The third-order valence-corrected chi connectivity index (χ3v) is 3.10. The second-order valence-electron chi connectivity index (χ2n) is 4.27. The highest BCUT2D eigenvalue weighted by molar-refractivity contribution is 4.75. The van der Waals surface area contributed by atoms with E-state index in [4.69, 9.17) is 5.73 Å². The molecule has 0 heterocycles. The highest BCUT2D eigenvalue weighted by Gasteiger charge is 2.22. The average molecular weight is 155 g/mol. The van der Waals surface area contributed by atoms with Crippen molar-refractivity contribution in [1.82, 2.24) is 0 Å². The molecule has 1 rings (SSSR count). The lowest BCUT2D eigenvalue weighted by Crippen LogP contribution is -2.24. The maximum absolute atomic E-state index is 5.67. The molecule has 0 bridgehead atoms. The maximum atomic E-state index is 5.67. The molecule has 0 aliphatic heterocycles. The van der Waals surface area contributed by atoms with Crippen LogP contribution in [0.2, 0.25) is 0 Å². The van der Waals surface area contributed by atoms with E-state index < -0.39 is 0 Å². The van der Waals surface area contributed by atoms with E-state index in [-0.39, 0.29) is 0 Å². The molecule has 1 aliphatic carbocycles. The molecule has 66 valence electrons. The van der Waals surface area contributed by atoms with Crippen molar-refractivity contribution < 1.29 is 0 Å². The zero-order valence-corrected chi connectivity index (χ0v) is 7.84. The minimum absolute atomic E-state index is 0.830. The molecule has 0 radical (unpaired) electrons. The molecule has 0 saturated heterocycles. The summed E-state index contributed by atoms with van der Waals surface area (Å²) in [4.78, 5) is 0. The average Bonchev–Trinajstić information content (AvgIpc) is 2.05. The lowest BCUT2D eigenvalue weighted by atomic mass is 9.76. The van der Waals surface area contributed by atoms with Crippen LogP contribution in [-0.4, -0.2) is 6.54 Å². The van der Waals surface area contributed by atoms with E-state index in [0.717, 1.165) is 24.3 Å².